The minimum atomic E-state index is -0.685. The molecule has 1 fully saturated rings. The second kappa shape index (κ2) is 5.87. The van der Waals surface area contributed by atoms with Crippen LogP contribution in [0.1, 0.15) is 56.8 Å². The quantitative estimate of drug-likeness (QED) is 0.738. The first-order valence-corrected chi connectivity index (χ1v) is 7.71. The molecule has 1 saturated carbocycles. The van der Waals surface area contributed by atoms with Crippen LogP contribution in [0.2, 0.25) is 5.02 Å². The van der Waals surface area contributed by atoms with Gasteiger partial charge in [0, 0.05) is 12.2 Å². The maximum atomic E-state index is 12.9. The van der Waals surface area contributed by atoms with Crippen molar-refractivity contribution in [3.63, 3.8) is 0 Å². The topological polar surface area (TPSA) is 26.3 Å². The Hall–Kier alpha value is -0.860. The largest absolute Gasteiger partial charge is 0.367 e. The van der Waals surface area contributed by atoms with Crippen LogP contribution in [0.5, 0.6) is 0 Å². The van der Waals surface area contributed by atoms with Gasteiger partial charge in [-0.05, 0) is 50.2 Å². The number of ketones is 1. The molecule has 0 spiro atoms. The summed E-state index contributed by atoms with van der Waals surface area (Å²) in [7, 11) is 0. The fourth-order valence-electron chi connectivity index (χ4n) is 2.93. The highest BCUT2D eigenvalue weighted by Gasteiger charge is 2.45. The number of carbonyl (C=O) groups is 1. The molecule has 1 aromatic carbocycles. The summed E-state index contributed by atoms with van der Waals surface area (Å²) in [5.41, 5.74) is 0.193. The first kappa shape index (κ1) is 15.5. The van der Waals surface area contributed by atoms with Crippen LogP contribution in [0.25, 0.3) is 0 Å². The summed E-state index contributed by atoms with van der Waals surface area (Å²) < 4.78 is 5.93. The van der Waals surface area contributed by atoms with Gasteiger partial charge in [0.2, 0.25) is 0 Å². The molecule has 2 rings (SSSR count). The molecule has 20 heavy (non-hydrogen) atoms. The van der Waals surface area contributed by atoms with E-state index in [1.54, 1.807) is 12.1 Å². The number of hydrogen-bond donors (Lipinski definition) is 0. The number of halogens is 1. The second-order valence-electron chi connectivity index (χ2n) is 6.40. The van der Waals surface area contributed by atoms with Crippen molar-refractivity contribution in [1.29, 1.82) is 0 Å². The third-order valence-corrected chi connectivity index (χ3v) is 4.69. The lowest BCUT2D eigenvalue weighted by Gasteiger charge is -2.42. The fourth-order valence-corrected chi connectivity index (χ4v) is 3.16. The molecule has 0 unspecified atom stereocenters. The van der Waals surface area contributed by atoms with Crippen LogP contribution in [0, 0.1) is 5.41 Å². The van der Waals surface area contributed by atoms with Gasteiger partial charge in [-0.3, -0.25) is 4.79 Å². The molecule has 1 aliphatic carbocycles. The Labute approximate surface area is 126 Å². The van der Waals surface area contributed by atoms with Crippen molar-refractivity contribution in [3.8, 4) is 0 Å². The summed E-state index contributed by atoms with van der Waals surface area (Å²) in [5.74, 6) is 0.0421. The van der Waals surface area contributed by atoms with E-state index in [1.807, 2.05) is 19.1 Å². The van der Waals surface area contributed by atoms with Gasteiger partial charge >= 0.3 is 0 Å². The molecule has 0 radical (unpaired) electrons. The standard InChI is InChI=1S/C17H23ClO2/c1-4-20-17(11-9-16(2,3)10-12-17)15(19)13-7-5-6-8-14(13)18/h5-8H,4,9-12H2,1-3H3. The third kappa shape index (κ3) is 3.07. The highest BCUT2D eigenvalue weighted by atomic mass is 35.5. The summed E-state index contributed by atoms with van der Waals surface area (Å²) in [6, 6.07) is 7.26. The van der Waals surface area contributed by atoms with E-state index in [0.29, 0.717) is 22.6 Å². The Kier molecular flexibility index (Phi) is 4.55. The molecule has 0 atom stereocenters. The van der Waals surface area contributed by atoms with Crippen LogP contribution in [-0.2, 0) is 4.74 Å². The summed E-state index contributed by atoms with van der Waals surface area (Å²) in [6.45, 7) is 7.00. The zero-order valence-electron chi connectivity index (χ0n) is 12.5. The molecular weight excluding hydrogens is 272 g/mol. The zero-order valence-corrected chi connectivity index (χ0v) is 13.3. The van der Waals surface area contributed by atoms with Crippen molar-refractivity contribution in [1.82, 2.24) is 0 Å². The van der Waals surface area contributed by atoms with Crippen molar-refractivity contribution in [2.75, 3.05) is 6.61 Å². The van der Waals surface area contributed by atoms with Crippen LogP contribution in [-0.4, -0.2) is 18.0 Å². The number of ether oxygens (including phenoxy) is 1. The van der Waals surface area contributed by atoms with E-state index in [-0.39, 0.29) is 5.78 Å². The Bertz CT molecular complexity index is 484. The smallest absolute Gasteiger partial charge is 0.196 e. The Balaban J connectivity index is 2.30. The SMILES string of the molecule is CCOC1(C(=O)c2ccccc2Cl)CCC(C)(C)CC1. The lowest BCUT2D eigenvalue weighted by Crippen LogP contribution is -2.46. The summed E-state index contributed by atoms with van der Waals surface area (Å²) in [5, 5.41) is 0.515. The Morgan fingerprint density at radius 3 is 2.35 bits per heavy atom. The van der Waals surface area contributed by atoms with E-state index in [9.17, 15) is 4.79 Å². The summed E-state index contributed by atoms with van der Waals surface area (Å²) in [4.78, 5) is 12.9. The predicted octanol–water partition coefficient (Wildman–Crippen LogP) is 4.90. The van der Waals surface area contributed by atoms with E-state index < -0.39 is 5.60 Å². The van der Waals surface area contributed by atoms with Crippen LogP contribution in [0.15, 0.2) is 24.3 Å². The molecular formula is C17H23ClO2. The van der Waals surface area contributed by atoms with E-state index in [2.05, 4.69) is 13.8 Å². The van der Waals surface area contributed by atoms with Crippen molar-refractivity contribution in [3.05, 3.63) is 34.9 Å². The maximum Gasteiger partial charge on any atom is 0.196 e. The highest BCUT2D eigenvalue weighted by molar-refractivity contribution is 6.34. The number of benzene rings is 1. The average molecular weight is 295 g/mol. The zero-order chi connectivity index (χ0) is 14.8. The van der Waals surface area contributed by atoms with Crippen molar-refractivity contribution < 1.29 is 9.53 Å². The van der Waals surface area contributed by atoms with E-state index in [0.717, 1.165) is 25.7 Å². The normalized spacial score (nSPS) is 20.6. The van der Waals surface area contributed by atoms with Crippen LogP contribution >= 0.6 is 11.6 Å². The minimum Gasteiger partial charge on any atom is -0.367 e. The molecule has 0 aromatic heterocycles. The maximum absolute atomic E-state index is 12.9. The number of carbonyl (C=O) groups excluding carboxylic acids is 1. The molecule has 110 valence electrons. The van der Waals surface area contributed by atoms with Gasteiger partial charge in [0.1, 0.15) is 5.60 Å². The van der Waals surface area contributed by atoms with Gasteiger partial charge in [-0.1, -0.05) is 37.6 Å². The summed E-state index contributed by atoms with van der Waals surface area (Å²) >= 11 is 6.18. The molecule has 2 nitrogen and oxygen atoms in total. The van der Waals surface area contributed by atoms with Crippen molar-refractivity contribution in [2.24, 2.45) is 5.41 Å². The number of rotatable bonds is 4. The van der Waals surface area contributed by atoms with E-state index in [1.165, 1.54) is 0 Å². The average Bonchev–Trinajstić information content (AvgIpc) is 2.42. The van der Waals surface area contributed by atoms with Gasteiger partial charge < -0.3 is 4.74 Å². The van der Waals surface area contributed by atoms with Crippen molar-refractivity contribution >= 4 is 17.4 Å². The Morgan fingerprint density at radius 2 is 1.80 bits per heavy atom. The molecule has 0 amide bonds. The Morgan fingerprint density at radius 1 is 1.20 bits per heavy atom. The van der Waals surface area contributed by atoms with Gasteiger partial charge in [0.05, 0.1) is 5.02 Å². The van der Waals surface area contributed by atoms with E-state index in [4.69, 9.17) is 16.3 Å². The minimum absolute atomic E-state index is 0.0421. The fraction of sp³-hybridized carbons (Fsp3) is 0.588. The third-order valence-electron chi connectivity index (χ3n) is 4.36. The summed E-state index contributed by atoms with van der Waals surface area (Å²) in [6.07, 6.45) is 3.56. The number of Topliss-reactive ketones (excluding diaryl/α,β-unsaturated/α-hetero) is 1. The van der Waals surface area contributed by atoms with Gasteiger partial charge in [-0.2, -0.15) is 0 Å². The van der Waals surface area contributed by atoms with Crippen LogP contribution in [0.4, 0.5) is 0 Å². The van der Waals surface area contributed by atoms with Gasteiger partial charge in [-0.15, -0.1) is 0 Å². The monoisotopic (exact) mass is 294 g/mol. The molecule has 0 N–H and O–H groups in total. The van der Waals surface area contributed by atoms with Crippen LogP contribution < -0.4 is 0 Å². The molecule has 3 heteroatoms. The lowest BCUT2D eigenvalue weighted by molar-refractivity contribution is -0.0580. The first-order chi connectivity index (χ1) is 9.40. The molecule has 1 aromatic rings. The molecule has 0 bridgehead atoms. The lowest BCUT2D eigenvalue weighted by atomic mass is 9.68. The predicted molar refractivity (Wildman–Crippen MR) is 82.4 cm³/mol. The molecule has 0 saturated heterocycles. The molecule has 0 aliphatic heterocycles. The van der Waals surface area contributed by atoms with E-state index >= 15 is 0 Å². The van der Waals surface area contributed by atoms with Gasteiger partial charge in [0.15, 0.2) is 5.78 Å². The molecule has 1 aliphatic rings. The second-order valence-corrected chi connectivity index (χ2v) is 6.81. The number of hydrogen-bond acceptors (Lipinski definition) is 2. The molecule has 0 heterocycles. The van der Waals surface area contributed by atoms with Gasteiger partial charge in [0.25, 0.3) is 0 Å². The highest BCUT2D eigenvalue weighted by Crippen LogP contribution is 2.44. The van der Waals surface area contributed by atoms with Crippen LogP contribution in [0.3, 0.4) is 0 Å². The van der Waals surface area contributed by atoms with Crippen molar-refractivity contribution in [2.45, 2.75) is 52.1 Å². The van der Waals surface area contributed by atoms with Gasteiger partial charge in [-0.25, -0.2) is 0 Å². The first-order valence-electron chi connectivity index (χ1n) is 7.33.